The van der Waals surface area contributed by atoms with Crippen molar-refractivity contribution >= 4 is 15.9 Å². The summed E-state index contributed by atoms with van der Waals surface area (Å²) in [5, 5.41) is 0. The van der Waals surface area contributed by atoms with Crippen molar-refractivity contribution in [3.05, 3.63) is 33.8 Å². The predicted molar refractivity (Wildman–Crippen MR) is 38.9 cm³/mol. The van der Waals surface area contributed by atoms with Gasteiger partial charge in [0.25, 0.3) is 0 Å². The molecule has 0 heterocycles. The highest BCUT2D eigenvalue weighted by molar-refractivity contribution is 9.10. The summed E-state index contributed by atoms with van der Waals surface area (Å²) in [5.41, 5.74) is 0.115. The Balaban J connectivity index is 3.21. The molecule has 0 radical (unpaired) electrons. The van der Waals surface area contributed by atoms with E-state index in [9.17, 15) is 13.2 Å². The summed E-state index contributed by atoms with van der Waals surface area (Å²) in [6, 6.07) is 1.74. The third kappa shape index (κ3) is 1.74. The van der Waals surface area contributed by atoms with Crippen molar-refractivity contribution in [1.82, 2.24) is 0 Å². The minimum absolute atomic E-state index is 0.115. The summed E-state index contributed by atoms with van der Waals surface area (Å²) in [7, 11) is 0. The molecule has 0 aliphatic rings. The quantitative estimate of drug-likeness (QED) is 0.643. The van der Waals surface area contributed by atoms with Gasteiger partial charge in [-0.15, -0.1) is 0 Å². The average molecular weight is 225 g/mol. The van der Waals surface area contributed by atoms with E-state index in [0.717, 1.165) is 12.1 Å². The van der Waals surface area contributed by atoms with Crippen LogP contribution in [0.15, 0.2) is 16.6 Å². The van der Waals surface area contributed by atoms with Crippen molar-refractivity contribution in [2.45, 2.75) is 6.67 Å². The lowest BCUT2D eigenvalue weighted by Crippen LogP contribution is -1.88. The molecule has 0 fully saturated rings. The normalized spacial score (nSPS) is 10.2. The molecule has 0 unspecified atom stereocenters. The Morgan fingerprint density at radius 2 is 1.73 bits per heavy atom. The number of hydrogen-bond acceptors (Lipinski definition) is 0. The van der Waals surface area contributed by atoms with Crippen LogP contribution in [0.4, 0.5) is 13.2 Å². The molecule has 1 rings (SSSR count). The zero-order chi connectivity index (χ0) is 8.43. The first-order valence-corrected chi connectivity index (χ1v) is 3.64. The van der Waals surface area contributed by atoms with Gasteiger partial charge in [0.1, 0.15) is 6.67 Å². The monoisotopic (exact) mass is 224 g/mol. The molecule has 0 N–H and O–H groups in total. The molecule has 0 saturated carbocycles. The minimum Gasteiger partial charge on any atom is -0.246 e. The van der Waals surface area contributed by atoms with Gasteiger partial charge in [0.15, 0.2) is 11.6 Å². The number of rotatable bonds is 1. The summed E-state index contributed by atoms with van der Waals surface area (Å²) < 4.78 is 37.0. The molecule has 0 amide bonds. The molecule has 60 valence electrons. The SMILES string of the molecule is FCc1cc(F)c(F)cc1Br. The largest absolute Gasteiger partial charge is 0.246 e. The molecule has 0 saturated heterocycles. The highest BCUT2D eigenvalue weighted by atomic mass is 79.9. The van der Waals surface area contributed by atoms with Crippen LogP contribution < -0.4 is 0 Å². The van der Waals surface area contributed by atoms with E-state index in [0.29, 0.717) is 0 Å². The first kappa shape index (κ1) is 8.59. The second kappa shape index (κ2) is 3.26. The van der Waals surface area contributed by atoms with E-state index in [1.165, 1.54) is 0 Å². The number of hydrogen-bond donors (Lipinski definition) is 0. The van der Waals surface area contributed by atoms with Crippen LogP contribution >= 0.6 is 15.9 Å². The van der Waals surface area contributed by atoms with Gasteiger partial charge in [0.2, 0.25) is 0 Å². The molecule has 0 nitrogen and oxygen atoms in total. The number of halogens is 4. The Hall–Kier alpha value is -0.510. The van der Waals surface area contributed by atoms with E-state index < -0.39 is 18.3 Å². The Morgan fingerprint density at radius 3 is 2.27 bits per heavy atom. The van der Waals surface area contributed by atoms with Crippen LogP contribution in [0.3, 0.4) is 0 Å². The highest BCUT2D eigenvalue weighted by Gasteiger charge is 2.06. The van der Waals surface area contributed by atoms with Gasteiger partial charge in [-0.25, -0.2) is 13.2 Å². The van der Waals surface area contributed by atoms with Crippen molar-refractivity contribution in [3.63, 3.8) is 0 Å². The average Bonchev–Trinajstić information content (AvgIpc) is 1.97. The highest BCUT2D eigenvalue weighted by Crippen LogP contribution is 2.21. The maximum absolute atomic E-state index is 12.4. The van der Waals surface area contributed by atoms with Gasteiger partial charge in [-0.1, -0.05) is 15.9 Å². The zero-order valence-electron chi connectivity index (χ0n) is 5.37. The van der Waals surface area contributed by atoms with Gasteiger partial charge in [-0.2, -0.15) is 0 Å². The molecular weight excluding hydrogens is 221 g/mol. The van der Waals surface area contributed by atoms with E-state index in [4.69, 9.17) is 0 Å². The van der Waals surface area contributed by atoms with Gasteiger partial charge in [0.05, 0.1) is 0 Å². The van der Waals surface area contributed by atoms with E-state index in [1.54, 1.807) is 0 Å². The fraction of sp³-hybridized carbons (Fsp3) is 0.143. The van der Waals surface area contributed by atoms with Crippen LogP contribution in [0.2, 0.25) is 0 Å². The maximum Gasteiger partial charge on any atom is 0.159 e. The van der Waals surface area contributed by atoms with E-state index in [2.05, 4.69) is 15.9 Å². The Bertz CT molecular complexity index is 273. The van der Waals surface area contributed by atoms with Crippen LogP contribution in [0.25, 0.3) is 0 Å². The van der Waals surface area contributed by atoms with Gasteiger partial charge in [-0.05, 0) is 12.1 Å². The van der Waals surface area contributed by atoms with Crippen molar-refractivity contribution in [2.75, 3.05) is 0 Å². The standard InChI is InChI=1S/C7H4BrF3/c8-5-2-7(11)6(10)1-4(5)3-9/h1-2H,3H2. The fourth-order valence-electron chi connectivity index (χ4n) is 0.666. The van der Waals surface area contributed by atoms with Gasteiger partial charge < -0.3 is 0 Å². The summed E-state index contributed by atoms with van der Waals surface area (Å²) in [6.07, 6.45) is 0. The molecule has 0 bridgehead atoms. The second-order valence-corrected chi connectivity index (χ2v) is 2.85. The lowest BCUT2D eigenvalue weighted by Gasteiger charge is -1.99. The lowest BCUT2D eigenvalue weighted by molar-refractivity contribution is 0.470. The Kier molecular flexibility index (Phi) is 2.54. The van der Waals surface area contributed by atoms with E-state index in [-0.39, 0.29) is 10.0 Å². The predicted octanol–water partition coefficient (Wildman–Crippen LogP) is 3.20. The maximum atomic E-state index is 12.4. The molecule has 0 aromatic heterocycles. The fourth-order valence-corrected chi connectivity index (χ4v) is 1.09. The summed E-state index contributed by atoms with van der Waals surface area (Å²) in [6.45, 7) is -0.808. The molecule has 0 spiro atoms. The lowest BCUT2D eigenvalue weighted by atomic mass is 10.2. The Morgan fingerprint density at radius 1 is 1.18 bits per heavy atom. The first-order valence-electron chi connectivity index (χ1n) is 2.84. The molecule has 1 aromatic carbocycles. The smallest absolute Gasteiger partial charge is 0.159 e. The third-order valence-electron chi connectivity index (χ3n) is 1.23. The van der Waals surface area contributed by atoms with E-state index >= 15 is 0 Å². The molecule has 11 heavy (non-hydrogen) atoms. The molecule has 0 atom stereocenters. The van der Waals surface area contributed by atoms with Crippen molar-refractivity contribution in [2.24, 2.45) is 0 Å². The molecule has 0 aliphatic heterocycles. The van der Waals surface area contributed by atoms with Crippen LogP contribution in [-0.4, -0.2) is 0 Å². The molecule has 0 aliphatic carbocycles. The summed E-state index contributed by atoms with van der Waals surface area (Å²) >= 11 is 2.89. The number of alkyl halides is 1. The van der Waals surface area contributed by atoms with Crippen molar-refractivity contribution in [3.8, 4) is 0 Å². The molecule has 4 heteroatoms. The zero-order valence-corrected chi connectivity index (χ0v) is 6.96. The molecule has 1 aromatic rings. The van der Waals surface area contributed by atoms with E-state index in [1.807, 2.05) is 0 Å². The van der Waals surface area contributed by atoms with Crippen molar-refractivity contribution in [1.29, 1.82) is 0 Å². The molecular formula is C7H4BrF3. The second-order valence-electron chi connectivity index (χ2n) is 1.99. The van der Waals surface area contributed by atoms with Crippen LogP contribution in [0.1, 0.15) is 5.56 Å². The van der Waals surface area contributed by atoms with Crippen LogP contribution in [0.5, 0.6) is 0 Å². The Labute approximate surface area is 70.2 Å². The van der Waals surface area contributed by atoms with Gasteiger partial charge in [0, 0.05) is 10.0 Å². The first-order chi connectivity index (χ1) is 5.15. The number of benzene rings is 1. The van der Waals surface area contributed by atoms with Crippen molar-refractivity contribution < 1.29 is 13.2 Å². The van der Waals surface area contributed by atoms with Crippen LogP contribution in [0, 0.1) is 11.6 Å². The minimum atomic E-state index is -1.03. The topological polar surface area (TPSA) is 0 Å². The van der Waals surface area contributed by atoms with Crippen LogP contribution in [-0.2, 0) is 6.67 Å². The summed E-state index contributed by atoms with van der Waals surface area (Å²) in [4.78, 5) is 0. The third-order valence-corrected chi connectivity index (χ3v) is 1.97. The van der Waals surface area contributed by atoms with Gasteiger partial charge in [-0.3, -0.25) is 0 Å². The summed E-state index contributed by atoms with van der Waals surface area (Å²) in [5.74, 6) is -2.00. The van der Waals surface area contributed by atoms with Gasteiger partial charge >= 0.3 is 0 Å².